The number of fused-ring (bicyclic) bond motifs is 1. The first-order valence-corrected chi connectivity index (χ1v) is 8.88. The maximum atomic E-state index is 3.51. The first-order valence-electron chi connectivity index (χ1n) is 8.00. The van der Waals surface area contributed by atoms with Crippen LogP contribution in [0.1, 0.15) is 63.5 Å². The highest BCUT2D eigenvalue weighted by molar-refractivity contribution is 7.17. The molecule has 0 saturated carbocycles. The maximum absolute atomic E-state index is 3.51. The smallest absolute Gasteiger partial charge is 0.0390 e. The van der Waals surface area contributed by atoms with E-state index in [1.807, 2.05) is 11.3 Å². The molecule has 0 amide bonds. The van der Waals surface area contributed by atoms with Crippen LogP contribution >= 0.6 is 11.3 Å². The van der Waals surface area contributed by atoms with E-state index in [4.69, 9.17) is 0 Å². The van der Waals surface area contributed by atoms with Gasteiger partial charge in [0.25, 0.3) is 0 Å². The molecule has 2 heteroatoms. The monoisotopic (exact) mass is 289 g/mol. The van der Waals surface area contributed by atoms with E-state index in [0.717, 1.165) is 0 Å². The number of thiophene rings is 1. The zero-order chi connectivity index (χ0) is 14.2. The van der Waals surface area contributed by atoms with E-state index in [0.29, 0.717) is 6.04 Å². The number of hydrogen-bond donors (Lipinski definition) is 1. The van der Waals surface area contributed by atoms with Crippen LogP contribution in [-0.2, 0) is 0 Å². The standard InChI is InChI=1S/C18H27NS/c1-3-4-5-6-7-8-12-17(19-2)16-11-9-10-15-13-14-20-18(15)16/h9-11,13-14,17,19H,3-8,12H2,1-2H3. The number of benzene rings is 1. The Morgan fingerprint density at radius 1 is 1.05 bits per heavy atom. The average molecular weight is 289 g/mol. The Bertz CT molecular complexity index is 503. The van der Waals surface area contributed by atoms with Crippen LogP contribution in [0.4, 0.5) is 0 Å². The fraction of sp³-hybridized carbons (Fsp3) is 0.556. The predicted molar refractivity (Wildman–Crippen MR) is 91.6 cm³/mol. The highest BCUT2D eigenvalue weighted by Gasteiger charge is 2.12. The Hall–Kier alpha value is -0.860. The summed E-state index contributed by atoms with van der Waals surface area (Å²) in [5.74, 6) is 0. The second-order valence-corrected chi connectivity index (χ2v) is 6.50. The van der Waals surface area contributed by atoms with E-state index in [2.05, 4.69) is 48.9 Å². The fourth-order valence-corrected chi connectivity index (χ4v) is 3.84. The van der Waals surface area contributed by atoms with Crippen molar-refractivity contribution in [2.75, 3.05) is 7.05 Å². The molecule has 0 saturated heterocycles. The lowest BCUT2D eigenvalue weighted by Crippen LogP contribution is -2.16. The van der Waals surface area contributed by atoms with E-state index >= 15 is 0 Å². The molecule has 0 bridgehead atoms. The van der Waals surface area contributed by atoms with Crippen molar-refractivity contribution in [3.05, 3.63) is 35.2 Å². The summed E-state index contributed by atoms with van der Waals surface area (Å²) in [4.78, 5) is 0. The third kappa shape index (κ3) is 4.07. The molecule has 0 aliphatic carbocycles. The Morgan fingerprint density at radius 3 is 2.65 bits per heavy atom. The summed E-state index contributed by atoms with van der Waals surface area (Å²) in [6.07, 6.45) is 9.48. The minimum absolute atomic E-state index is 0.503. The highest BCUT2D eigenvalue weighted by atomic mass is 32.1. The van der Waals surface area contributed by atoms with Crippen LogP contribution in [0.5, 0.6) is 0 Å². The van der Waals surface area contributed by atoms with Crippen LogP contribution in [-0.4, -0.2) is 7.05 Å². The van der Waals surface area contributed by atoms with Crippen LogP contribution in [0.15, 0.2) is 29.6 Å². The van der Waals surface area contributed by atoms with Gasteiger partial charge in [0.1, 0.15) is 0 Å². The molecule has 0 aliphatic heterocycles. The average Bonchev–Trinajstić information content (AvgIpc) is 2.95. The fourth-order valence-electron chi connectivity index (χ4n) is 2.87. The van der Waals surface area contributed by atoms with Crippen molar-refractivity contribution in [2.24, 2.45) is 0 Å². The van der Waals surface area contributed by atoms with Gasteiger partial charge in [0.2, 0.25) is 0 Å². The van der Waals surface area contributed by atoms with Gasteiger partial charge in [-0.3, -0.25) is 0 Å². The SMILES string of the molecule is CCCCCCCCC(NC)c1cccc2ccsc12. The van der Waals surface area contributed by atoms with Gasteiger partial charge in [-0.25, -0.2) is 0 Å². The van der Waals surface area contributed by atoms with Crippen molar-refractivity contribution in [1.29, 1.82) is 0 Å². The Morgan fingerprint density at radius 2 is 1.85 bits per heavy atom. The Kier molecular flexibility index (Phi) is 6.55. The first kappa shape index (κ1) is 15.5. The van der Waals surface area contributed by atoms with Gasteiger partial charge >= 0.3 is 0 Å². The van der Waals surface area contributed by atoms with Gasteiger partial charge in [-0.2, -0.15) is 0 Å². The zero-order valence-electron chi connectivity index (χ0n) is 12.8. The molecule has 1 heterocycles. The largest absolute Gasteiger partial charge is 0.313 e. The molecule has 110 valence electrons. The second kappa shape index (κ2) is 8.43. The quantitative estimate of drug-likeness (QED) is 0.566. The molecule has 0 fully saturated rings. The first-order chi connectivity index (χ1) is 9.86. The summed E-state index contributed by atoms with van der Waals surface area (Å²) in [6.45, 7) is 2.28. The summed E-state index contributed by atoms with van der Waals surface area (Å²) >= 11 is 1.87. The van der Waals surface area contributed by atoms with Gasteiger partial charge < -0.3 is 5.32 Å². The molecule has 2 aromatic rings. The molecular formula is C18H27NS. The number of hydrogen-bond acceptors (Lipinski definition) is 2. The zero-order valence-corrected chi connectivity index (χ0v) is 13.6. The van der Waals surface area contributed by atoms with Crippen molar-refractivity contribution in [3.63, 3.8) is 0 Å². The van der Waals surface area contributed by atoms with Gasteiger partial charge in [-0.05, 0) is 35.9 Å². The molecule has 1 nitrogen and oxygen atoms in total. The van der Waals surface area contributed by atoms with Crippen LogP contribution in [0, 0.1) is 0 Å². The summed E-state index contributed by atoms with van der Waals surface area (Å²) < 4.78 is 1.46. The third-order valence-corrected chi connectivity index (χ3v) is 5.06. The normalized spacial score (nSPS) is 12.9. The molecule has 20 heavy (non-hydrogen) atoms. The Balaban J connectivity index is 1.90. The van der Waals surface area contributed by atoms with E-state index in [-0.39, 0.29) is 0 Å². The predicted octanol–water partition coefficient (Wildman–Crippen LogP) is 5.91. The van der Waals surface area contributed by atoms with Gasteiger partial charge in [-0.1, -0.05) is 63.6 Å². The third-order valence-electron chi connectivity index (χ3n) is 4.08. The second-order valence-electron chi connectivity index (χ2n) is 5.58. The maximum Gasteiger partial charge on any atom is 0.0390 e. The molecule has 0 spiro atoms. The van der Waals surface area contributed by atoms with Gasteiger partial charge in [0, 0.05) is 10.7 Å². The molecule has 1 atom stereocenters. The van der Waals surface area contributed by atoms with Gasteiger partial charge in [0.15, 0.2) is 0 Å². The molecule has 1 N–H and O–H groups in total. The van der Waals surface area contributed by atoms with Crippen molar-refractivity contribution >= 4 is 21.4 Å². The van der Waals surface area contributed by atoms with Crippen LogP contribution in [0.2, 0.25) is 0 Å². The van der Waals surface area contributed by atoms with Crippen molar-refractivity contribution in [3.8, 4) is 0 Å². The lowest BCUT2D eigenvalue weighted by atomic mass is 9.99. The van der Waals surface area contributed by atoms with Gasteiger partial charge in [0.05, 0.1) is 0 Å². The van der Waals surface area contributed by atoms with E-state index in [9.17, 15) is 0 Å². The topological polar surface area (TPSA) is 12.0 Å². The summed E-state index contributed by atoms with van der Waals surface area (Å²) in [7, 11) is 2.09. The molecule has 0 aliphatic rings. The number of rotatable bonds is 9. The Labute approximate surface area is 127 Å². The summed E-state index contributed by atoms with van der Waals surface area (Å²) in [6, 6.07) is 9.42. The minimum Gasteiger partial charge on any atom is -0.313 e. The van der Waals surface area contributed by atoms with Gasteiger partial charge in [-0.15, -0.1) is 11.3 Å². The lowest BCUT2D eigenvalue weighted by Gasteiger charge is -2.17. The van der Waals surface area contributed by atoms with Crippen molar-refractivity contribution in [2.45, 2.75) is 57.9 Å². The number of nitrogens with one attached hydrogen (secondary N) is 1. The molecule has 1 unspecified atom stereocenters. The summed E-state index contributed by atoms with van der Waals surface area (Å²) in [5.41, 5.74) is 1.48. The minimum atomic E-state index is 0.503. The highest BCUT2D eigenvalue weighted by Crippen LogP contribution is 2.31. The van der Waals surface area contributed by atoms with E-state index < -0.39 is 0 Å². The lowest BCUT2D eigenvalue weighted by molar-refractivity contribution is 0.500. The van der Waals surface area contributed by atoms with Crippen LogP contribution < -0.4 is 5.32 Å². The van der Waals surface area contributed by atoms with E-state index in [1.165, 1.54) is 60.6 Å². The van der Waals surface area contributed by atoms with Crippen LogP contribution in [0.3, 0.4) is 0 Å². The van der Waals surface area contributed by atoms with Crippen molar-refractivity contribution in [1.82, 2.24) is 5.32 Å². The van der Waals surface area contributed by atoms with E-state index in [1.54, 1.807) is 0 Å². The van der Waals surface area contributed by atoms with Crippen LogP contribution in [0.25, 0.3) is 10.1 Å². The summed E-state index contributed by atoms with van der Waals surface area (Å²) in [5, 5.41) is 7.09. The molecule has 2 rings (SSSR count). The van der Waals surface area contributed by atoms with Crippen molar-refractivity contribution < 1.29 is 0 Å². The molecular weight excluding hydrogens is 262 g/mol. The number of unbranched alkanes of at least 4 members (excludes halogenated alkanes) is 5. The molecule has 1 aromatic carbocycles. The molecule has 1 aromatic heterocycles. The molecule has 0 radical (unpaired) electrons.